The number of phenols is 1. The van der Waals surface area contributed by atoms with Crippen LogP contribution in [0.2, 0.25) is 0 Å². The first-order valence-electron chi connectivity index (χ1n) is 10.7. The lowest BCUT2D eigenvalue weighted by Gasteiger charge is -2.39. The summed E-state index contributed by atoms with van der Waals surface area (Å²) in [5, 5.41) is 49.5. The van der Waals surface area contributed by atoms with Gasteiger partial charge < -0.3 is 44.5 Å². The Balaban J connectivity index is 1.65. The summed E-state index contributed by atoms with van der Waals surface area (Å²) in [4.78, 5) is 12.2. The average molecular weight is 474 g/mol. The van der Waals surface area contributed by atoms with Crippen LogP contribution in [-0.2, 0) is 20.7 Å². The van der Waals surface area contributed by atoms with Gasteiger partial charge in [-0.05, 0) is 29.8 Å². The fourth-order valence-corrected chi connectivity index (χ4v) is 3.96. The number of methoxy groups -OCH3 is 1. The summed E-state index contributed by atoms with van der Waals surface area (Å²) in [6.45, 7) is -0.599. The Morgan fingerprint density at radius 2 is 1.74 bits per heavy atom. The molecule has 10 nitrogen and oxygen atoms in total. The summed E-state index contributed by atoms with van der Waals surface area (Å²) in [5.41, 5.74) is 1.81. The lowest BCUT2D eigenvalue weighted by molar-refractivity contribution is -0.277. The van der Waals surface area contributed by atoms with Gasteiger partial charge in [0.2, 0.25) is 6.29 Å². The van der Waals surface area contributed by atoms with E-state index in [9.17, 15) is 30.3 Å². The van der Waals surface area contributed by atoms with E-state index in [0.717, 1.165) is 5.56 Å². The molecule has 182 valence electrons. The normalized spacial score (nSPS) is 28.9. The lowest BCUT2D eigenvalue weighted by Crippen LogP contribution is -2.60. The summed E-state index contributed by atoms with van der Waals surface area (Å²) in [6, 6.07) is 11.4. The molecule has 0 spiro atoms. The van der Waals surface area contributed by atoms with Crippen molar-refractivity contribution in [2.45, 2.75) is 43.2 Å². The Kier molecular flexibility index (Phi) is 7.05. The number of hydrogen-bond donors (Lipinski definition) is 5. The van der Waals surface area contributed by atoms with Crippen LogP contribution in [0, 0.1) is 0 Å². The van der Waals surface area contributed by atoms with Gasteiger partial charge in [-0.3, -0.25) is 0 Å². The fraction of sp³-hybridized carbons (Fsp3) is 0.375. The van der Waals surface area contributed by atoms with E-state index in [-0.39, 0.29) is 11.5 Å². The SMILES string of the molecule is COc1ccc(C2=CC(=O)OC2Cc2ccc(O)cc2)c(OC2OC(CO)C(O)C(O)C2O)c1. The maximum atomic E-state index is 12.2. The van der Waals surface area contributed by atoms with E-state index in [2.05, 4.69) is 0 Å². The molecule has 6 atom stereocenters. The highest BCUT2D eigenvalue weighted by molar-refractivity contribution is 5.98. The molecular weight excluding hydrogens is 448 g/mol. The molecule has 5 N–H and O–H groups in total. The molecule has 10 heteroatoms. The smallest absolute Gasteiger partial charge is 0.331 e. The Morgan fingerprint density at radius 1 is 1.00 bits per heavy atom. The van der Waals surface area contributed by atoms with Gasteiger partial charge in [-0.25, -0.2) is 4.79 Å². The first kappa shape index (κ1) is 24.0. The van der Waals surface area contributed by atoms with E-state index in [1.54, 1.807) is 24.3 Å². The number of rotatable bonds is 7. The van der Waals surface area contributed by atoms with Gasteiger partial charge in [-0.15, -0.1) is 0 Å². The first-order valence-corrected chi connectivity index (χ1v) is 10.7. The van der Waals surface area contributed by atoms with E-state index in [1.165, 1.54) is 31.4 Å². The highest BCUT2D eigenvalue weighted by atomic mass is 16.7. The third-order valence-corrected chi connectivity index (χ3v) is 5.83. The van der Waals surface area contributed by atoms with Crippen molar-refractivity contribution in [3.05, 3.63) is 59.7 Å². The highest BCUT2D eigenvalue weighted by Gasteiger charge is 2.45. The quantitative estimate of drug-likeness (QED) is 0.350. The second-order valence-corrected chi connectivity index (χ2v) is 8.07. The van der Waals surface area contributed by atoms with Crippen LogP contribution in [0.5, 0.6) is 17.2 Å². The molecule has 0 saturated carbocycles. The number of aromatic hydroxyl groups is 1. The number of phenolic OH excluding ortho intramolecular Hbond substituents is 1. The van der Waals surface area contributed by atoms with E-state index in [0.29, 0.717) is 23.3 Å². The molecule has 1 saturated heterocycles. The standard InChI is InChI=1S/C24H26O10/c1-31-14-6-7-15(16-10-20(27)32-17(16)8-12-2-4-13(26)5-3-12)18(9-14)33-24-23(30)22(29)21(28)19(11-25)34-24/h2-7,9-10,17,19,21-26,28-30H,8,11H2,1H3. The van der Waals surface area contributed by atoms with Crippen LogP contribution in [0.15, 0.2) is 48.5 Å². The number of carbonyl (C=O) groups excluding carboxylic acids is 1. The van der Waals surface area contributed by atoms with Crippen molar-refractivity contribution in [3.8, 4) is 17.2 Å². The number of benzene rings is 2. The Morgan fingerprint density at radius 3 is 2.41 bits per heavy atom. The summed E-state index contributed by atoms with van der Waals surface area (Å²) < 4.78 is 22.1. The van der Waals surface area contributed by atoms with Gasteiger partial charge in [0.15, 0.2) is 0 Å². The second-order valence-electron chi connectivity index (χ2n) is 8.07. The monoisotopic (exact) mass is 474 g/mol. The van der Waals surface area contributed by atoms with Crippen LogP contribution in [0.25, 0.3) is 5.57 Å². The van der Waals surface area contributed by atoms with E-state index in [1.807, 2.05) is 0 Å². The van der Waals surface area contributed by atoms with Crippen LogP contribution in [0.4, 0.5) is 0 Å². The molecule has 2 heterocycles. The van der Waals surface area contributed by atoms with Crippen LogP contribution in [0.1, 0.15) is 11.1 Å². The van der Waals surface area contributed by atoms with Crippen molar-refractivity contribution in [2.75, 3.05) is 13.7 Å². The largest absolute Gasteiger partial charge is 0.508 e. The van der Waals surface area contributed by atoms with Crippen LogP contribution in [0.3, 0.4) is 0 Å². The zero-order valence-corrected chi connectivity index (χ0v) is 18.3. The molecule has 2 aromatic carbocycles. The average Bonchev–Trinajstić information content (AvgIpc) is 3.20. The third kappa shape index (κ3) is 4.86. The summed E-state index contributed by atoms with van der Waals surface area (Å²) >= 11 is 0. The van der Waals surface area contributed by atoms with Crippen molar-refractivity contribution < 1.29 is 49.3 Å². The number of esters is 1. The molecular formula is C24H26O10. The molecule has 6 unspecified atom stereocenters. The van der Waals surface area contributed by atoms with Crippen molar-refractivity contribution in [1.82, 2.24) is 0 Å². The van der Waals surface area contributed by atoms with Crippen molar-refractivity contribution in [1.29, 1.82) is 0 Å². The minimum atomic E-state index is -1.61. The topological polar surface area (TPSA) is 155 Å². The van der Waals surface area contributed by atoms with Crippen LogP contribution >= 0.6 is 0 Å². The molecule has 0 amide bonds. The molecule has 2 aliphatic heterocycles. The molecule has 0 aliphatic carbocycles. The molecule has 0 radical (unpaired) electrons. The van der Waals surface area contributed by atoms with Crippen LogP contribution in [-0.4, -0.2) is 82.0 Å². The minimum absolute atomic E-state index is 0.119. The number of ether oxygens (including phenoxy) is 4. The van der Waals surface area contributed by atoms with Gasteiger partial charge in [0.25, 0.3) is 0 Å². The molecule has 2 aliphatic rings. The predicted molar refractivity (Wildman–Crippen MR) is 117 cm³/mol. The number of aliphatic hydroxyl groups is 4. The maximum Gasteiger partial charge on any atom is 0.331 e. The highest BCUT2D eigenvalue weighted by Crippen LogP contribution is 2.38. The minimum Gasteiger partial charge on any atom is -0.508 e. The van der Waals surface area contributed by atoms with Crippen molar-refractivity contribution in [3.63, 3.8) is 0 Å². The summed E-state index contributed by atoms with van der Waals surface area (Å²) in [6.07, 6.45) is -6.28. The zero-order valence-electron chi connectivity index (χ0n) is 18.3. The molecule has 2 aromatic rings. The van der Waals surface area contributed by atoms with E-state index < -0.39 is 49.4 Å². The van der Waals surface area contributed by atoms with Gasteiger partial charge in [0.1, 0.15) is 47.8 Å². The Hall–Kier alpha value is -3.15. The molecule has 0 bridgehead atoms. The van der Waals surface area contributed by atoms with Gasteiger partial charge in [-0.1, -0.05) is 12.1 Å². The third-order valence-electron chi connectivity index (χ3n) is 5.83. The Labute approximate surface area is 195 Å². The molecule has 4 rings (SSSR count). The van der Waals surface area contributed by atoms with Crippen molar-refractivity contribution >= 4 is 11.5 Å². The van der Waals surface area contributed by atoms with E-state index >= 15 is 0 Å². The summed E-state index contributed by atoms with van der Waals surface area (Å²) in [5.74, 6) is 0.176. The number of cyclic esters (lactones) is 1. The van der Waals surface area contributed by atoms with Gasteiger partial charge in [-0.2, -0.15) is 0 Å². The maximum absolute atomic E-state index is 12.2. The van der Waals surface area contributed by atoms with Crippen molar-refractivity contribution in [2.24, 2.45) is 0 Å². The fourth-order valence-electron chi connectivity index (χ4n) is 3.96. The van der Waals surface area contributed by atoms with E-state index in [4.69, 9.17) is 18.9 Å². The van der Waals surface area contributed by atoms with Gasteiger partial charge in [0, 0.05) is 29.7 Å². The first-order chi connectivity index (χ1) is 16.3. The molecule has 1 fully saturated rings. The second kappa shape index (κ2) is 10.00. The number of hydrogen-bond acceptors (Lipinski definition) is 10. The number of carbonyl (C=O) groups is 1. The lowest BCUT2D eigenvalue weighted by atomic mass is 9.95. The summed E-state index contributed by atoms with van der Waals surface area (Å²) in [7, 11) is 1.46. The predicted octanol–water partition coefficient (Wildman–Crippen LogP) is 0.131. The van der Waals surface area contributed by atoms with Gasteiger partial charge >= 0.3 is 5.97 Å². The van der Waals surface area contributed by atoms with Crippen LogP contribution < -0.4 is 9.47 Å². The number of aliphatic hydroxyl groups excluding tert-OH is 4. The molecule has 34 heavy (non-hydrogen) atoms. The zero-order chi connectivity index (χ0) is 24.4. The Bertz CT molecular complexity index is 1050. The van der Waals surface area contributed by atoms with Gasteiger partial charge in [0.05, 0.1) is 13.7 Å². The molecule has 0 aromatic heterocycles.